The SMILES string of the molecule is NCCCCCc1c[nH]nn1. The van der Waals surface area contributed by atoms with E-state index in [1.807, 2.05) is 6.20 Å². The third-order valence-electron chi connectivity index (χ3n) is 1.60. The van der Waals surface area contributed by atoms with Gasteiger partial charge in [-0.15, -0.1) is 5.10 Å². The number of aromatic amines is 1. The van der Waals surface area contributed by atoms with E-state index in [-0.39, 0.29) is 0 Å². The minimum atomic E-state index is 0.790. The predicted molar refractivity (Wildman–Crippen MR) is 43.0 cm³/mol. The number of hydrogen-bond donors (Lipinski definition) is 2. The van der Waals surface area contributed by atoms with Crippen molar-refractivity contribution in [3.63, 3.8) is 0 Å². The molecule has 0 aromatic carbocycles. The highest BCUT2D eigenvalue weighted by atomic mass is 15.3. The number of aryl methyl sites for hydroxylation is 1. The van der Waals surface area contributed by atoms with E-state index in [0.29, 0.717) is 0 Å². The Bertz CT molecular complexity index is 171. The average molecular weight is 154 g/mol. The number of H-pyrrole nitrogens is 1. The quantitative estimate of drug-likeness (QED) is 0.606. The van der Waals surface area contributed by atoms with Crippen LogP contribution in [0.1, 0.15) is 25.0 Å². The molecule has 0 radical (unpaired) electrons. The Morgan fingerprint density at radius 1 is 1.36 bits per heavy atom. The van der Waals surface area contributed by atoms with Gasteiger partial charge in [0, 0.05) is 6.20 Å². The van der Waals surface area contributed by atoms with Crippen LogP contribution in [0.5, 0.6) is 0 Å². The maximum absolute atomic E-state index is 5.35. The Balaban J connectivity index is 2.04. The standard InChI is InChI=1S/C7H14N4/c8-5-3-1-2-4-7-6-9-11-10-7/h6H,1-5,8H2,(H,9,10,11). The summed E-state index contributed by atoms with van der Waals surface area (Å²) in [5, 5.41) is 10.2. The third-order valence-corrected chi connectivity index (χ3v) is 1.60. The second-order valence-electron chi connectivity index (χ2n) is 2.56. The molecule has 0 fully saturated rings. The summed E-state index contributed by atoms with van der Waals surface area (Å²) in [5.41, 5.74) is 6.40. The molecule has 4 nitrogen and oxygen atoms in total. The van der Waals surface area contributed by atoms with Crippen molar-refractivity contribution >= 4 is 0 Å². The summed E-state index contributed by atoms with van der Waals surface area (Å²) in [4.78, 5) is 0. The smallest absolute Gasteiger partial charge is 0.0824 e. The minimum Gasteiger partial charge on any atom is -0.330 e. The summed E-state index contributed by atoms with van der Waals surface area (Å²) in [6, 6.07) is 0. The van der Waals surface area contributed by atoms with Crippen molar-refractivity contribution in [2.75, 3.05) is 6.54 Å². The molecule has 3 N–H and O–H groups in total. The van der Waals surface area contributed by atoms with Crippen LogP contribution in [0.3, 0.4) is 0 Å². The molecule has 0 saturated heterocycles. The van der Waals surface area contributed by atoms with E-state index < -0.39 is 0 Å². The zero-order valence-corrected chi connectivity index (χ0v) is 6.58. The maximum atomic E-state index is 5.35. The normalized spacial score (nSPS) is 10.3. The molecule has 11 heavy (non-hydrogen) atoms. The van der Waals surface area contributed by atoms with Crippen molar-refractivity contribution in [1.82, 2.24) is 15.4 Å². The lowest BCUT2D eigenvalue weighted by molar-refractivity contribution is 0.677. The molecule has 0 aliphatic heterocycles. The lowest BCUT2D eigenvalue weighted by Crippen LogP contribution is -1.98. The summed E-state index contributed by atoms with van der Waals surface area (Å²) in [7, 11) is 0. The third kappa shape index (κ3) is 3.13. The topological polar surface area (TPSA) is 67.6 Å². The fourth-order valence-electron chi connectivity index (χ4n) is 0.975. The minimum absolute atomic E-state index is 0.790. The number of hydrogen-bond acceptors (Lipinski definition) is 3. The molecular weight excluding hydrogens is 140 g/mol. The molecule has 0 saturated carbocycles. The van der Waals surface area contributed by atoms with Crippen LogP contribution in [0.15, 0.2) is 6.20 Å². The highest BCUT2D eigenvalue weighted by Crippen LogP contribution is 2.00. The van der Waals surface area contributed by atoms with Gasteiger partial charge in [-0.05, 0) is 25.8 Å². The number of nitrogens with zero attached hydrogens (tertiary/aromatic N) is 2. The summed E-state index contributed by atoms with van der Waals surface area (Å²) >= 11 is 0. The van der Waals surface area contributed by atoms with Crippen molar-refractivity contribution in [2.45, 2.75) is 25.7 Å². The van der Waals surface area contributed by atoms with Crippen LogP contribution in [-0.4, -0.2) is 22.0 Å². The molecule has 0 atom stereocenters. The molecule has 0 bridgehead atoms. The van der Waals surface area contributed by atoms with Crippen LogP contribution in [0.2, 0.25) is 0 Å². The fourth-order valence-corrected chi connectivity index (χ4v) is 0.975. The highest BCUT2D eigenvalue weighted by molar-refractivity contribution is 4.89. The molecule has 0 spiro atoms. The Morgan fingerprint density at radius 2 is 2.27 bits per heavy atom. The fraction of sp³-hybridized carbons (Fsp3) is 0.714. The molecule has 4 heteroatoms. The molecule has 1 aromatic rings. The van der Waals surface area contributed by atoms with Gasteiger partial charge in [0.1, 0.15) is 0 Å². The van der Waals surface area contributed by atoms with Crippen molar-refractivity contribution in [3.8, 4) is 0 Å². The van der Waals surface area contributed by atoms with Crippen LogP contribution in [0, 0.1) is 0 Å². The van der Waals surface area contributed by atoms with Crippen molar-refractivity contribution in [3.05, 3.63) is 11.9 Å². The van der Waals surface area contributed by atoms with Gasteiger partial charge < -0.3 is 5.73 Å². The van der Waals surface area contributed by atoms with Gasteiger partial charge in [-0.2, -0.15) is 0 Å². The second-order valence-corrected chi connectivity index (χ2v) is 2.56. The van der Waals surface area contributed by atoms with Gasteiger partial charge in [0.15, 0.2) is 0 Å². The van der Waals surface area contributed by atoms with E-state index in [4.69, 9.17) is 5.73 Å². The number of aromatic nitrogens is 3. The molecule has 0 aliphatic carbocycles. The van der Waals surface area contributed by atoms with Gasteiger partial charge in [-0.3, -0.25) is 5.10 Å². The Labute approximate surface area is 66.2 Å². The largest absolute Gasteiger partial charge is 0.330 e. The zero-order chi connectivity index (χ0) is 7.94. The summed E-state index contributed by atoms with van der Waals surface area (Å²) in [5.74, 6) is 0. The molecule has 0 amide bonds. The van der Waals surface area contributed by atoms with Gasteiger partial charge >= 0.3 is 0 Å². The molecular formula is C7H14N4. The second kappa shape index (κ2) is 4.85. The van der Waals surface area contributed by atoms with E-state index >= 15 is 0 Å². The zero-order valence-electron chi connectivity index (χ0n) is 6.58. The van der Waals surface area contributed by atoms with E-state index in [1.165, 1.54) is 6.42 Å². The lowest BCUT2D eigenvalue weighted by atomic mass is 10.1. The Kier molecular flexibility index (Phi) is 3.61. The molecule has 62 valence electrons. The number of unbranched alkanes of at least 4 members (excludes halogenated alkanes) is 2. The number of nitrogens with two attached hydrogens (primary N) is 1. The van der Waals surface area contributed by atoms with E-state index in [2.05, 4.69) is 15.4 Å². The highest BCUT2D eigenvalue weighted by Gasteiger charge is 1.94. The Morgan fingerprint density at radius 3 is 2.91 bits per heavy atom. The lowest BCUT2D eigenvalue weighted by Gasteiger charge is -1.94. The van der Waals surface area contributed by atoms with Crippen LogP contribution >= 0.6 is 0 Å². The van der Waals surface area contributed by atoms with E-state index in [1.54, 1.807) is 0 Å². The van der Waals surface area contributed by atoms with Gasteiger partial charge in [-0.25, -0.2) is 0 Å². The number of rotatable bonds is 5. The molecule has 1 aromatic heterocycles. The monoisotopic (exact) mass is 154 g/mol. The van der Waals surface area contributed by atoms with Crippen molar-refractivity contribution in [1.29, 1.82) is 0 Å². The number of nitrogens with one attached hydrogen (secondary N) is 1. The molecule has 1 heterocycles. The maximum Gasteiger partial charge on any atom is 0.0824 e. The van der Waals surface area contributed by atoms with Crippen LogP contribution in [0.4, 0.5) is 0 Å². The Hall–Kier alpha value is -0.900. The first-order valence-electron chi connectivity index (χ1n) is 3.99. The van der Waals surface area contributed by atoms with Crippen LogP contribution < -0.4 is 5.73 Å². The van der Waals surface area contributed by atoms with Gasteiger partial charge in [0.2, 0.25) is 0 Å². The van der Waals surface area contributed by atoms with E-state index in [9.17, 15) is 0 Å². The van der Waals surface area contributed by atoms with Crippen LogP contribution in [-0.2, 0) is 6.42 Å². The van der Waals surface area contributed by atoms with Crippen LogP contribution in [0.25, 0.3) is 0 Å². The van der Waals surface area contributed by atoms with Crippen molar-refractivity contribution in [2.24, 2.45) is 5.73 Å². The molecule has 1 rings (SSSR count). The first-order chi connectivity index (χ1) is 5.43. The summed E-state index contributed by atoms with van der Waals surface area (Å²) < 4.78 is 0. The average Bonchev–Trinajstić information content (AvgIpc) is 2.50. The van der Waals surface area contributed by atoms with Crippen molar-refractivity contribution < 1.29 is 0 Å². The molecule has 0 aliphatic rings. The molecule has 0 unspecified atom stereocenters. The predicted octanol–water partition coefficient (Wildman–Crippen LogP) is 0.476. The summed E-state index contributed by atoms with van der Waals surface area (Å²) in [6.07, 6.45) is 6.30. The first kappa shape index (κ1) is 8.20. The first-order valence-corrected chi connectivity index (χ1v) is 3.99. The van der Waals surface area contributed by atoms with Gasteiger partial charge in [0.05, 0.1) is 5.69 Å². The van der Waals surface area contributed by atoms with Gasteiger partial charge in [0.25, 0.3) is 0 Å². The summed E-state index contributed by atoms with van der Waals surface area (Å²) in [6.45, 7) is 0.790. The van der Waals surface area contributed by atoms with E-state index in [0.717, 1.165) is 31.5 Å². The van der Waals surface area contributed by atoms with Gasteiger partial charge in [-0.1, -0.05) is 11.6 Å².